The van der Waals surface area contributed by atoms with Gasteiger partial charge >= 0.3 is 0 Å². The molecule has 0 aliphatic carbocycles. The molecule has 1 rings (SSSR count). The van der Waals surface area contributed by atoms with Crippen LogP contribution in [0.3, 0.4) is 0 Å². The molecular weight excluding hydrogens is 240 g/mol. The van der Waals surface area contributed by atoms with E-state index in [1.165, 1.54) is 0 Å². The van der Waals surface area contributed by atoms with Crippen LogP contribution in [0.2, 0.25) is 0 Å². The average Bonchev–Trinajstić information content (AvgIpc) is 2.45. The van der Waals surface area contributed by atoms with Crippen molar-refractivity contribution in [2.75, 3.05) is 6.61 Å². The van der Waals surface area contributed by atoms with Crippen molar-refractivity contribution in [1.82, 2.24) is 0 Å². The summed E-state index contributed by atoms with van der Waals surface area (Å²) in [6.45, 7) is 6.19. The third-order valence-electron chi connectivity index (χ3n) is 3.66. The van der Waals surface area contributed by atoms with E-state index in [2.05, 4.69) is 0 Å². The molecule has 0 heterocycles. The van der Waals surface area contributed by atoms with Gasteiger partial charge in [-0.25, -0.2) is 0 Å². The molecule has 0 spiro atoms. The number of rotatable bonds is 8. The summed E-state index contributed by atoms with van der Waals surface area (Å²) in [4.78, 5) is 0. The van der Waals surface area contributed by atoms with Crippen LogP contribution in [0.5, 0.6) is 5.75 Å². The Morgan fingerprint density at radius 1 is 1.21 bits per heavy atom. The lowest BCUT2D eigenvalue weighted by atomic mass is 9.99. The van der Waals surface area contributed by atoms with Gasteiger partial charge in [-0.3, -0.25) is 0 Å². The highest BCUT2D eigenvalue weighted by molar-refractivity contribution is 5.29. The molecule has 1 atom stereocenters. The summed E-state index contributed by atoms with van der Waals surface area (Å²) in [6.07, 6.45) is 2.43. The van der Waals surface area contributed by atoms with Gasteiger partial charge in [0.2, 0.25) is 0 Å². The molecule has 0 fully saturated rings. The number of ether oxygens (including phenoxy) is 1. The van der Waals surface area contributed by atoms with Crippen LogP contribution < -0.4 is 4.74 Å². The zero-order valence-electron chi connectivity index (χ0n) is 12.2. The van der Waals surface area contributed by atoms with E-state index >= 15 is 0 Å². The second-order valence-electron chi connectivity index (χ2n) is 5.13. The first-order valence-corrected chi connectivity index (χ1v) is 7.15. The third-order valence-corrected chi connectivity index (χ3v) is 3.66. The summed E-state index contributed by atoms with van der Waals surface area (Å²) in [7, 11) is 0. The first-order valence-electron chi connectivity index (χ1n) is 7.15. The Bertz CT molecular complexity index is 372. The summed E-state index contributed by atoms with van der Waals surface area (Å²) in [5.74, 6) is 0.751. The van der Waals surface area contributed by atoms with Gasteiger partial charge in [-0.05, 0) is 43.4 Å². The summed E-state index contributed by atoms with van der Waals surface area (Å²) in [6, 6.07) is 7.72. The van der Waals surface area contributed by atoms with Crippen LogP contribution in [-0.2, 0) is 6.42 Å². The second kappa shape index (κ2) is 7.51. The highest BCUT2D eigenvalue weighted by Gasteiger charge is 2.23. The van der Waals surface area contributed by atoms with Crippen molar-refractivity contribution < 1.29 is 14.9 Å². The molecule has 19 heavy (non-hydrogen) atoms. The van der Waals surface area contributed by atoms with E-state index in [-0.39, 0.29) is 6.10 Å². The quantitative estimate of drug-likeness (QED) is 0.760. The van der Waals surface area contributed by atoms with Gasteiger partial charge in [-0.15, -0.1) is 0 Å². The first kappa shape index (κ1) is 16.0. The van der Waals surface area contributed by atoms with Crippen LogP contribution in [0.1, 0.15) is 45.6 Å². The van der Waals surface area contributed by atoms with Crippen molar-refractivity contribution >= 4 is 0 Å². The Morgan fingerprint density at radius 2 is 1.89 bits per heavy atom. The minimum Gasteiger partial charge on any atom is -0.491 e. The van der Waals surface area contributed by atoms with Gasteiger partial charge in [0.25, 0.3) is 0 Å². The summed E-state index contributed by atoms with van der Waals surface area (Å²) in [5.41, 5.74) is 0.308. The Kier molecular flexibility index (Phi) is 6.32. The smallest absolute Gasteiger partial charge is 0.119 e. The first-order chi connectivity index (χ1) is 9.03. The maximum absolute atomic E-state index is 10.2. The Labute approximate surface area is 116 Å². The van der Waals surface area contributed by atoms with E-state index in [1.807, 2.05) is 45.0 Å². The monoisotopic (exact) mass is 266 g/mol. The van der Waals surface area contributed by atoms with Crippen molar-refractivity contribution in [2.45, 2.75) is 58.2 Å². The molecule has 0 saturated carbocycles. The number of hydrogen-bond donors (Lipinski definition) is 2. The molecule has 1 aromatic carbocycles. The number of hydrogen-bond acceptors (Lipinski definition) is 3. The van der Waals surface area contributed by atoms with Crippen molar-refractivity contribution in [2.24, 2.45) is 0 Å². The molecule has 0 saturated heterocycles. The van der Waals surface area contributed by atoms with Gasteiger partial charge in [0.05, 0.1) is 11.7 Å². The molecule has 0 aliphatic rings. The highest BCUT2D eigenvalue weighted by Crippen LogP contribution is 2.20. The van der Waals surface area contributed by atoms with Crippen molar-refractivity contribution in [3.63, 3.8) is 0 Å². The number of aliphatic hydroxyl groups excluding tert-OH is 1. The minimum atomic E-state index is -0.751. The molecule has 108 valence electrons. The van der Waals surface area contributed by atoms with Gasteiger partial charge in [-0.1, -0.05) is 32.9 Å². The molecule has 0 aliphatic heterocycles. The van der Waals surface area contributed by atoms with Crippen LogP contribution >= 0.6 is 0 Å². The number of aliphatic hydroxyl groups is 2. The molecule has 3 nitrogen and oxygen atoms in total. The van der Waals surface area contributed by atoms with Gasteiger partial charge in [0.15, 0.2) is 0 Å². The summed E-state index contributed by atoms with van der Waals surface area (Å²) in [5, 5.41) is 19.8. The predicted molar refractivity (Wildman–Crippen MR) is 77.5 cm³/mol. The van der Waals surface area contributed by atoms with E-state index in [9.17, 15) is 10.2 Å². The van der Waals surface area contributed by atoms with Gasteiger partial charge in [-0.2, -0.15) is 0 Å². The van der Waals surface area contributed by atoms with Crippen LogP contribution in [0.25, 0.3) is 0 Å². The largest absolute Gasteiger partial charge is 0.491 e. The normalized spacial score (nSPS) is 13.3. The molecule has 1 unspecified atom stereocenters. The van der Waals surface area contributed by atoms with E-state index in [4.69, 9.17) is 4.74 Å². The average molecular weight is 266 g/mol. The van der Waals surface area contributed by atoms with E-state index < -0.39 is 5.60 Å². The van der Waals surface area contributed by atoms with Gasteiger partial charge < -0.3 is 14.9 Å². The lowest BCUT2D eigenvalue weighted by Gasteiger charge is -2.25. The fourth-order valence-electron chi connectivity index (χ4n) is 1.85. The molecule has 0 aromatic heterocycles. The Hall–Kier alpha value is -1.06. The minimum absolute atomic E-state index is 0.305. The van der Waals surface area contributed by atoms with E-state index in [0.29, 0.717) is 25.9 Å². The third kappa shape index (κ3) is 5.21. The van der Waals surface area contributed by atoms with Crippen molar-refractivity contribution in [3.05, 3.63) is 29.8 Å². The molecule has 3 heteroatoms. The van der Waals surface area contributed by atoms with E-state index in [1.54, 1.807) is 0 Å². The summed E-state index contributed by atoms with van der Waals surface area (Å²) < 4.78 is 5.68. The Balaban J connectivity index is 2.62. The lowest BCUT2D eigenvalue weighted by molar-refractivity contribution is -0.0113. The molecular formula is C16H26O3. The predicted octanol–water partition coefficient (Wildman–Crippen LogP) is 2.93. The molecule has 0 radical (unpaired) electrons. The maximum atomic E-state index is 10.2. The summed E-state index contributed by atoms with van der Waals surface area (Å²) >= 11 is 0. The second-order valence-corrected chi connectivity index (χ2v) is 5.13. The molecule has 0 amide bonds. The molecule has 1 aromatic rings. The van der Waals surface area contributed by atoms with Crippen molar-refractivity contribution in [1.29, 1.82) is 0 Å². The zero-order valence-corrected chi connectivity index (χ0v) is 12.2. The van der Waals surface area contributed by atoms with Crippen LogP contribution in [0, 0.1) is 0 Å². The van der Waals surface area contributed by atoms with Crippen LogP contribution in [0.4, 0.5) is 0 Å². The standard InChI is InChI=1S/C16H26O3/c1-4-14(17)10-13-8-7-9-15(11-13)19-12-16(18,5-2)6-3/h7-9,11,14,17-18H,4-6,10,12H2,1-3H3. The maximum Gasteiger partial charge on any atom is 0.119 e. The number of benzene rings is 1. The van der Waals surface area contributed by atoms with Crippen molar-refractivity contribution in [3.8, 4) is 5.75 Å². The molecule has 0 bridgehead atoms. The lowest BCUT2D eigenvalue weighted by Crippen LogP contribution is -2.34. The zero-order chi connectivity index (χ0) is 14.3. The van der Waals surface area contributed by atoms with Gasteiger partial charge in [0, 0.05) is 0 Å². The van der Waals surface area contributed by atoms with Crippen LogP contribution in [0.15, 0.2) is 24.3 Å². The Morgan fingerprint density at radius 3 is 2.47 bits per heavy atom. The van der Waals surface area contributed by atoms with Gasteiger partial charge in [0.1, 0.15) is 12.4 Å². The highest BCUT2D eigenvalue weighted by atomic mass is 16.5. The fraction of sp³-hybridized carbons (Fsp3) is 0.625. The molecule has 2 N–H and O–H groups in total. The fourth-order valence-corrected chi connectivity index (χ4v) is 1.85. The van der Waals surface area contributed by atoms with Crippen LogP contribution in [-0.4, -0.2) is 28.5 Å². The topological polar surface area (TPSA) is 49.7 Å². The SMILES string of the molecule is CCC(O)Cc1cccc(OCC(O)(CC)CC)c1. The van der Waals surface area contributed by atoms with E-state index in [0.717, 1.165) is 17.7 Å².